The lowest BCUT2D eigenvalue weighted by atomic mass is 10.1. The number of nitrogens with zero attached hydrogens (tertiary/aromatic N) is 1. The van der Waals surface area contributed by atoms with E-state index in [9.17, 15) is 9.90 Å². The number of hydrogen-bond acceptors (Lipinski definition) is 5. The molecule has 0 spiro atoms. The van der Waals surface area contributed by atoms with Crippen LogP contribution in [0.4, 0.5) is 0 Å². The van der Waals surface area contributed by atoms with Crippen LogP contribution in [0.25, 0.3) is 23.4 Å². The number of methoxy groups -OCH3 is 1. The van der Waals surface area contributed by atoms with Crippen LogP contribution < -0.4 is 4.74 Å². The Labute approximate surface area is 143 Å². The van der Waals surface area contributed by atoms with Crippen molar-refractivity contribution in [2.75, 3.05) is 7.11 Å². The largest absolute Gasteiger partial charge is 0.504 e. The third-order valence-electron chi connectivity index (χ3n) is 3.58. The van der Waals surface area contributed by atoms with E-state index in [1.807, 2.05) is 47.3 Å². The Morgan fingerprint density at radius 1 is 1.12 bits per heavy atom. The van der Waals surface area contributed by atoms with E-state index < -0.39 is 0 Å². The molecule has 0 aliphatic heterocycles. The second kappa shape index (κ2) is 7.10. The molecule has 3 rings (SSSR count). The van der Waals surface area contributed by atoms with Gasteiger partial charge in [-0.3, -0.25) is 4.79 Å². The molecule has 0 saturated carbocycles. The maximum atomic E-state index is 11.0. The van der Waals surface area contributed by atoms with Gasteiger partial charge in [0.1, 0.15) is 0 Å². The number of thiazole rings is 1. The van der Waals surface area contributed by atoms with Crippen LogP contribution in [-0.2, 0) is 0 Å². The fourth-order valence-electron chi connectivity index (χ4n) is 2.31. The number of hydrogen-bond donors (Lipinski definition) is 1. The van der Waals surface area contributed by atoms with E-state index in [4.69, 9.17) is 4.74 Å². The normalized spacial score (nSPS) is 10.9. The summed E-state index contributed by atoms with van der Waals surface area (Å²) in [5.74, 6) is 0.135. The molecule has 0 radical (unpaired) electrons. The SMILES string of the molecule is COc1cc(/C=C/c2ccc(-c3cscn3)cc2)cc(C=O)c1O. The third-order valence-corrected chi connectivity index (χ3v) is 4.17. The van der Waals surface area contributed by atoms with Gasteiger partial charge in [-0.1, -0.05) is 36.4 Å². The van der Waals surface area contributed by atoms with Crippen molar-refractivity contribution in [3.63, 3.8) is 0 Å². The Morgan fingerprint density at radius 2 is 1.88 bits per heavy atom. The molecule has 0 aliphatic rings. The summed E-state index contributed by atoms with van der Waals surface area (Å²) in [4.78, 5) is 15.3. The van der Waals surface area contributed by atoms with Gasteiger partial charge in [-0.2, -0.15) is 0 Å². The van der Waals surface area contributed by atoms with Crippen LogP contribution in [0.1, 0.15) is 21.5 Å². The van der Waals surface area contributed by atoms with Gasteiger partial charge in [0.15, 0.2) is 17.8 Å². The van der Waals surface area contributed by atoms with Crippen LogP contribution in [0, 0.1) is 0 Å². The second-order valence-electron chi connectivity index (χ2n) is 5.11. The quantitative estimate of drug-likeness (QED) is 0.550. The van der Waals surface area contributed by atoms with Crippen molar-refractivity contribution in [1.82, 2.24) is 4.98 Å². The molecule has 120 valence electrons. The number of aldehydes is 1. The number of phenols is 1. The van der Waals surface area contributed by atoms with Crippen molar-refractivity contribution >= 4 is 29.8 Å². The monoisotopic (exact) mass is 337 g/mol. The van der Waals surface area contributed by atoms with Gasteiger partial charge in [-0.05, 0) is 23.3 Å². The van der Waals surface area contributed by atoms with Crippen molar-refractivity contribution in [3.8, 4) is 22.8 Å². The lowest BCUT2D eigenvalue weighted by molar-refractivity contribution is 0.112. The molecule has 24 heavy (non-hydrogen) atoms. The van der Waals surface area contributed by atoms with E-state index in [0.29, 0.717) is 6.29 Å². The molecule has 3 aromatic rings. The van der Waals surface area contributed by atoms with Crippen LogP contribution in [0.3, 0.4) is 0 Å². The molecule has 0 aliphatic carbocycles. The van der Waals surface area contributed by atoms with Crippen molar-refractivity contribution < 1.29 is 14.6 Å². The van der Waals surface area contributed by atoms with E-state index in [0.717, 1.165) is 22.4 Å². The first kappa shape index (κ1) is 16.0. The van der Waals surface area contributed by atoms with E-state index >= 15 is 0 Å². The lowest BCUT2D eigenvalue weighted by Gasteiger charge is -2.06. The van der Waals surface area contributed by atoms with Gasteiger partial charge in [0, 0.05) is 10.9 Å². The molecule has 0 unspecified atom stereocenters. The van der Waals surface area contributed by atoms with Gasteiger partial charge < -0.3 is 9.84 Å². The van der Waals surface area contributed by atoms with E-state index in [2.05, 4.69) is 4.98 Å². The van der Waals surface area contributed by atoms with Crippen molar-refractivity contribution in [2.24, 2.45) is 0 Å². The van der Waals surface area contributed by atoms with Gasteiger partial charge in [0.2, 0.25) is 0 Å². The molecule has 1 heterocycles. The van der Waals surface area contributed by atoms with Crippen molar-refractivity contribution in [3.05, 3.63) is 64.0 Å². The zero-order valence-electron chi connectivity index (χ0n) is 13.0. The molecular formula is C19H15NO3S. The summed E-state index contributed by atoms with van der Waals surface area (Å²) in [5.41, 5.74) is 5.85. The number of aromatic hydroxyl groups is 1. The van der Waals surface area contributed by atoms with Crippen LogP contribution in [0.5, 0.6) is 11.5 Å². The van der Waals surface area contributed by atoms with Crippen molar-refractivity contribution in [1.29, 1.82) is 0 Å². The highest BCUT2D eigenvalue weighted by Crippen LogP contribution is 2.31. The Morgan fingerprint density at radius 3 is 2.50 bits per heavy atom. The molecule has 0 fully saturated rings. The summed E-state index contributed by atoms with van der Waals surface area (Å²) in [5, 5.41) is 11.8. The lowest BCUT2D eigenvalue weighted by Crippen LogP contribution is -1.90. The molecule has 0 saturated heterocycles. The standard InChI is InChI=1S/C19H15NO3S/c1-23-18-9-14(8-16(10-21)19(18)22)3-2-13-4-6-15(7-5-13)17-11-24-12-20-17/h2-12,22H,1H3/b3-2+. The molecule has 0 amide bonds. The summed E-state index contributed by atoms with van der Waals surface area (Å²) in [7, 11) is 1.45. The van der Waals surface area contributed by atoms with Gasteiger partial charge >= 0.3 is 0 Å². The maximum absolute atomic E-state index is 11.0. The fourth-order valence-corrected chi connectivity index (χ4v) is 2.87. The van der Waals surface area contributed by atoms with E-state index in [-0.39, 0.29) is 17.1 Å². The predicted molar refractivity (Wildman–Crippen MR) is 96.5 cm³/mol. The van der Waals surface area contributed by atoms with Gasteiger partial charge in [0.25, 0.3) is 0 Å². The number of carbonyl (C=O) groups is 1. The van der Waals surface area contributed by atoms with Gasteiger partial charge in [-0.25, -0.2) is 4.98 Å². The molecule has 0 bridgehead atoms. The summed E-state index contributed by atoms with van der Waals surface area (Å²) < 4.78 is 5.09. The molecule has 1 N–H and O–H groups in total. The smallest absolute Gasteiger partial charge is 0.168 e. The topological polar surface area (TPSA) is 59.4 Å². The third kappa shape index (κ3) is 3.36. The number of rotatable bonds is 5. The van der Waals surface area contributed by atoms with E-state index in [1.165, 1.54) is 7.11 Å². The number of carbonyl (C=O) groups excluding carboxylic acids is 1. The molecular weight excluding hydrogens is 322 g/mol. The first-order valence-corrected chi connectivity index (χ1v) is 8.18. The summed E-state index contributed by atoms with van der Waals surface area (Å²) >= 11 is 1.57. The summed E-state index contributed by atoms with van der Waals surface area (Å²) in [6.07, 6.45) is 4.41. The minimum atomic E-state index is -0.141. The molecule has 5 heteroatoms. The van der Waals surface area contributed by atoms with Crippen LogP contribution in [0.15, 0.2) is 47.3 Å². The number of phenolic OH excluding ortho intramolecular Hbond substituents is 1. The summed E-state index contributed by atoms with van der Waals surface area (Å²) in [6, 6.07) is 11.3. The molecule has 1 aromatic heterocycles. The minimum absolute atomic E-state index is 0.141. The number of benzene rings is 2. The van der Waals surface area contributed by atoms with Crippen LogP contribution in [-0.4, -0.2) is 23.5 Å². The predicted octanol–water partition coefficient (Wildman–Crippen LogP) is 4.51. The van der Waals surface area contributed by atoms with Gasteiger partial charge in [-0.15, -0.1) is 11.3 Å². The zero-order chi connectivity index (χ0) is 16.9. The molecule has 2 aromatic carbocycles. The summed E-state index contributed by atoms with van der Waals surface area (Å²) in [6.45, 7) is 0. The Bertz CT molecular complexity index is 868. The average Bonchev–Trinajstić information content (AvgIpc) is 3.16. The van der Waals surface area contributed by atoms with Gasteiger partial charge in [0.05, 0.1) is 23.9 Å². The average molecular weight is 337 g/mol. The highest BCUT2D eigenvalue weighted by molar-refractivity contribution is 7.07. The highest BCUT2D eigenvalue weighted by atomic mass is 32.1. The first-order chi connectivity index (χ1) is 11.7. The Kier molecular flexibility index (Phi) is 4.72. The van der Waals surface area contributed by atoms with Crippen LogP contribution >= 0.6 is 11.3 Å². The minimum Gasteiger partial charge on any atom is -0.504 e. The fraction of sp³-hybridized carbons (Fsp3) is 0.0526. The first-order valence-electron chi connectivity index (χ1n) is 7.24. The number of aromatic nitrogens is 1. The number of ether oxygens (including phenoxy) is 1. The zero-order valence-corrected chi connectivity index (χ0v) is 13.8. The molecule has 4 nitrogen and oxygen atoms in total. The van der Waals surface area contributed by atoms with Crippen molar-refractivity contribution in [2.45, 2.75) is 0 Å². The van der Waals surface area contributed by atoms with E-state index in [1.54, 1.807) is 23.5 Å². The van der Waals surface area contributed by atoms with Crippen LogP contribution in [0.2, 0.25) is 0 Å². The maximum Gasteiger partial charge on any atom is 0.168 e. The Hall–Kier alpha value is -2.92. The second-order valence-corrected chi connectivity index (χ2v) is 5.83. The molecule has 0 atom stereocenters. The Balaban J connectivity index is 1.84. The highest BCUT2D eigenvalue weighted by Gasteiger charge is 2.08.